The predicted molar refractivity (Wildman–Crippen MR) is 97.4 cm³/mol. The maximum absolute atomic E-state index is 12.5. The zero-order chi connectivity index (χ0) is 18.1. The van der Waals surface area contributed by atoms with Crippen molar-refractivity contribution in [3.05, 3.63) is 23.5 Å². The fourth-order valence-electron chi connectivity index (χ4n) is 2.97. The van der Waals surface area contributed by atoms with Crippen molar-refractivity contribution in [2.75, 3.05) is 0 Å². The molecule has 1 aliphatic carbocycles. The lowest BCUT2D eigenvalue weighted by Gasteiger charge is -2.41. The molecule has 1 saturated heterocycles. The molecule has 2 rings (SSSR count). The molecule has 1 heterocycles. The summed E-state index contributed by atoms with van der Waals surface area (Å²) in [5.74, 6) is 0.130. The topological polar surface area (TPSA) is 58.2 Å². The molecule has 0 bridgehead atoms. The quantitative estimate of drug-likeness (QED) is 0.760. The van der Waals surface area contributed by atoms with Crippen molar-refractivity contribution in [1.82, 2.24) is 10.6 Å². The highest BCUT2D eigenvalue weighted by Crippen LogP contribution is 2.28. The van der Waals surface area contributed by atoms with E-state index < -0.39 is 10.8 Å². The molecule has 134 valence electrons. The number of hydrogen-bond acceptors (Lipinski definition) is 4. The van der Waals surface area contributed by atoms with Crippen molar-refractivity contribution in [1.29, 1.82) is 0 Å². The highest BCUT2D eigenvalue weighted by Gasteiger charge is 2.33. The summed E-state index contributed by atoms with van der Waals surface area (Å²) in [6, 6.07) is 0.666. The monoisotopic (exact) mass is 332 g/mol. The average Bonchev–Trinajstić information content (AvgIpc) is 2.45. The Morgan fingerprint density at radius 1 is 0.792 bits per heavy atom. The van der Waals surface area contributed by atoms with Gasteiger partial charge >= 0.3 is 0 Å². The Morgan fingerprint density at radius 2 is 1.12 bits per heavy atom. The highest BCUT2D eigenvalue weighted by molar-refractivity contribution is 5.97. The van der Waals surface area contributed by atoms with Crippen LogP contribution in [0.5, 0.6) is 0 Å². The van der Waals surface area contributed by atoms with Crippen LogP contribution < -0.4 is 10.6 Å². The fraction of sp³-hybridized carbons (Fsp3) is 0.700. The van der Waals surface area contributed by atoms with Gasteiger partial charge in [-0.2, -0.15) is 0 Å². The maximum atomic E-state index is 12.5. The van der Waals surface area contributed by atoms with Crippen LogP contribution in [0.15, 0.2) is 23.5 Å². The van der Waals surface area contributed by atoms with Crippen molar-refractivity contribution in [3.8, 4) is 0 Å². The van der Waals surface area contributed by atoms with E-state index in [0.717, 1.165) is 24.2 Å². The molecule has 0 radical (unpaired) electrons. The van der Waals surface area contributed by atoms with Crippen molar-refractivity contribution < 1.29 is 9.59 Å². The lowest BCUT2D eigenvalue weighted by Crippen LogP contribution is -2.55. The van der Waals surface area contributed by atoms with Crippen LogP contribution in [0.25, 0.3) is 0 Å². The molecule has 2 N–H and O–H groups in total. The molecule has 4 nitrogen and oxygen atoms in total. The average molecular weight is 332 g/mol. The standard InChI is InChI=1S/C20H32N2O2/c1-19(2,3)17(23)11-15-16(12-18(24)20(4,5)6)22-14-10-8-7-9-13(14)21-15/h11-14,21-22H,7-10H2,1-6H3/b15-11-,16-12-/t13-,14-/m0/s1. The fourth-order valence-corrected chi connectivity index (χ4v) is 2.97. The summed E-state index contributed by atoms with van der Waals surface area (Å²) in [6.07, 6.45) is 7.93. The Hall–Kier alpha value is -1.58. The molecule has 2 aliphatic rings. The second-order valence-corrected chi connectivity index (χ2v) is 9.13. The number of carbonyl (C=O) groups excluding carboxylic acids is 2. The van der Waals surface area contributed by atoms with Gasteiger partial charge in [-0.3, -0.25) is 9.59 Å². The molecule has 1 saturated carbocycles. The Kier molecular flexibility index (Phi) is 5.26. The van der Waals surface area contributed by atoms with E-state index in [0.29, 0.717) is 12.1 Å². The number of piperazine rings is 1. The normalized spacial score (nSPS) is 28.1. The molecule has 0 aromatic carbocycles. The third-order valence-electron chi connectivity index (χ3n) is 4.77. The van der Waals surface area contributed by atoms with Crippen molar-refractivity contribution in [3.63, 3.8) is 0 Å². The molecule has 1 aliphatic heterocycles. The van der Waals surface area contributed by atoms with Crippen LogP contribution in [0.2, 0.25) is 0 Å². The van der Waals surface area contributed by atoms with Gasteiger partial charge in [0.15, 0.2) is 11.6 Å². The van der Waals surface area contributed by atoms with Gasteiger partial charge in [0.1, 0.15) is 0 Å². The summed E-state index contributed by atoms with van der Waals surface area (Å²) in [4.78, 5) is 24.9. The van der Waals surface area contributed by atoms with Crippen LogP contribution in [0, 0.1) is 10.8 Å². The third kappa shape index (κ3) is 4.49. The van der Waals surface area contributed by atoms with Crippen LogP contribution >= 0.6 is 0 Å². The van der Waals surface area contributed by atoms with Gasteiger partial charge in [0.25, 0.3) is 0 Å². The molecule has 2 atom stereocenters. The number of allylic oxidation sites excluding steroid dienone is 2. The van der Waals surface area contributed by atoms with Crippen LogP contribution in [0.3, 0.4) is 0 Å². The Labute approximate surface area is 146 Å². The van der Waals surface area contributed by atoms with Gasteiger partial charge in [0.2, 0.25) is 0 Å². The van der Waals surface area contributed by atoms with Gasteiger partial charge in [-0.15, -0.1) is 0 Å². The van der Waals surface area contributed by atoms with Gasteiger partial charge in [0, 0.05) is 35.1 Å². The number of nitrogens with one attached hydrogen (secondary N) is 2. The zero-order valence-electron chi connectivity index (χ0n) is 16.0. The number of rotatable bonds is 2. The van der Waals surface area contributed by atoms with Gasteiger partial charge in [0.05, 0.1) is 11.4 Å². The Morgan fingerprint density at radius 3 is 1.42 bits per heavy atom. The maximum Gasteiger partial charge on any atom is 0.163 e. The summed E-state index contributed by atoms with van der Waals surface area (Å²) in [6.45, 7) is 11.5. The highest BCUT2D eigenvalue weighted by atomic mass is 16.1. The van der Waals surface area contributed by atoms with Crippen LogP contribution in [0.1, 0.15) is 67.2 Å². The lowest BCUT2D eigenvalue weighted by molar-refractivity contribution is -0.122. The number of hydrogen-bond donors (Lipinski definition) is 2. The summed E-state index contributed by atoms with van der Waals surface area (Å²) < 4.78 is 0. The first-order valence-electron chi connectivity index (χ1n) is 9.04. The molecule has 0 aromatic heterocycles. The largest absolute Gasteiger partial charge is 0.378 e. The first-order chi connectivity index (χ1) is 11.0. The van der Waals surface area contributed by atoms with Gasteiger partial charge in [-0.1, -0.05) is 54.4 Å². The van der Waals surface area contributed by atoms with Crippen LogP contribution in [0.4, 0.5) is 0 Å². The lowest BCUT2D eigenvalue weighted by atomic mass is 9.85. The van der Waals surface area contributed by atoms with E-state index in [9.17, 15) is 9.59 Å². The van der Waals surface area contributed by atoms with Gasteiger partial charge in [-0.25, -0.2) is 0 Å². The SMILES string of the molecule is CC(C)(C)C(=O)/C=C1\N[C@H]2CCCC[C@@H]2N\C1=C/C(=O)C(C)(C)C. The minimum atomic E-state index is -0.433. The second-order valence-electron chi connectivity index (χ2n) is 9.13. The molecule has 0 amide bonds. The van der Waals surface area contributed by atoms with Crippen LogP contribution in [-0.4, -0.2) is 23.7 Å². The summed E-state index contributed by atoms with van der Waals surface area (Å²) in [5.41, 5.74) is 0.653. The second kappa shape index (κ2) is 6.73. The predicted octanol–water partition coefficient (Wildman–Crippen LogP) is 3.49. The molecule has 24 heavy (non-hydrogen) atoms. The van der Waals surface area contributed by atoms with Crippen molar-refractivity contribution in [2.24, 2.45) is 10.8 Å². The first-order valence-corrected chi connectivity index (χ1v) is 9.04. The molecule has 0 aromatic rings. The minimum Gasteiger partial charge on any atom is -0.378 e. The molecule has 0 spiro atoms. The van der Waals surface area contributed by atoms with Crippen LogP contribution in [-0.2, 0) is 9.59 Å². The Balaban J connectivity index is 2.35. The molecular formula is C20H32N2O2. The zero-order valence-corrected chi connectivity index (χ0v) is 16.0. The molecule has 4 heteroatoms. The van der Waals surface area contributed by atoms with E-state index >= 15 is 0 Å². The van der Waals surface area contributed by atoms with E-state index in [1.54, 1.807) is 12.2 Å². The van der Waals surface area contributed by atoms with E-state index in [4.69, 9.17) is 0 Å². The van der Waals surface area contributed by atoms with E-state index in [1.807, 2.05) is 41.5 Å². The van der Waals surface area contributed by atoms with E-state index in [2.05, 4.69) is 10.6 Å². The summed E-state index contributed by atoms with van der Waals surface area (Å²) in [5, 5.41) is 7.05. The number of ketones is 2. The first kappa shape index (κ1) is 18.8. The van der Waals surface area contributed by atoms with Crippen molar-refractivity contribution >= 4 is 11.6 Å². The van der Waals surface area contributed by atoms with Gasteiger partial charge < -0.3 is 10.6 Å². The van der Waals surface area contributed by atoms with Gasteiger partial charge in [-0.05, 0) is 12.8 Å². The smallest absolute Gasteiger partial charge is 0.163 e. The van der Waals surface area contributed by atoms with E-state index in [-0.39, 0.29) is 11.6 Å². The molecule has 0 unspecified atom stereocenters. The Bertz CT molecular complexity index is 521. The summed E-state index contributed by atoms with van der Waals surface area (Å²) >= 11 is 0. The van der Waals surface area contributed by atoms with E-state index in [1.165, 1.54) is 12.8 Å². The van der Waals surface area contributed by atoms with Crippen molar-refractivity contribution in [2.45, 2.75) is 79.3 Å². The minimum absolute atomic E-state index is 0.0650. The molecule has 2 fully saturated rings. The third-order valence-corrected chi connectivity index (χ3v) is 4.77. The summed E-state index contributed by atoms with van der Waals surface area (Å²) in [7, 11) is 0. The molecular weight excluding hydrogens is 300 g/mol. The number of carbonyl (C=O) groups is 2. The number of fused-ring (bicyclic) bond motifs is 1.